The Morgan fingerprint density at radius 3 is 1.68 bits per heavy atom. The Bertz CT molecular complexity index is 1420. The van der Waals surface area contributed by atoms with Gasteiger partial charge in [0, 0.05) is 16.7 Å². The average Bonchev–Trinajstić information content (AvgIpc) is 2.87. The molecule has 0 aliphatic rings. The Morgan fingerprint density at radius 2 is 1.18 bits per heavy atom. The molecule has 0 spiro atoms. The van der Waals surface area contributed by atoms with E-state index in [-0.39, 0.29) is 56.6 Å². The van der Waals surface area contributed by atoms with E-state index in [1.54, 1.807) is 13.8 Å². The highest BCUT2D eigenvalue weighted by molar-refractivity contribution is 5.91. The zero-order valence-electron chi connectivity index (χ0n) is 21.4. The van der Waals surface area contributed by atoms with Gasteiger partial charge in [0.25, 0.3) is 0 Å². The largest absolute Gasteiger partial charge is 0.426 e. The second-order valence-corrected chi connectivity index (χ2v) is 8.89. The van der Waals surface area contributed by atoms with Gasteiger partial charge >= 0.3 is 17.9 Å². The molecule has 3 aromatic rings. The van der Waals surface area contributed by atoms with Gasteiger partial charge in [-0.2, -0.15) is 0 Å². The number of carbonyl (C=O) groups is 3. The number of hydrogen-bond donors (Lipinski definition) is 0. The average molecular weight is 521 g/mol. The molecule has 3 rings (SSSR count). The molecular formula is C30H26F2O6. The van der Waals surface area contributed by atoms with Crippen LogP contribution in [0.5, 0.6) is 17.2 Å². The van der Waals surface area contributed by atoms with Crippen molar-refractivity contribution in [1.29, 1.82) is 0 Å². The number of ether oxygens (including phenoxy) is 3. The Kier molecular flexibility index (Phi) is 8.57. The molecule has 6 nitrogen and oxygen atoms in total. The van der Waals surface area contributed by atoms with Crippen molar-refractivity contribution in [2.75, 3.05) is 0 Å². The van der Waals surface area contributed by atoms with Crippen molar-refractivity contribution in [2.24, 2.45) is 5.92 Å². The zero-order chi connectivity index (χ0) is 28.1. The molecule has 3 aromatic carbocycles. The van der Waals surface area contributed by atoms with E-state index in [9.17, 15) is 14.4 Å². The van der Waals surface area contributed by atoms with Crippen LogP contribution in [0.1, 0.15) is 27.7 Å². The van der Waals surface area contributed by atoms with Crippen LogP contribution in [0.3, 0.4) is 0 Å². The highest BCUT2D eigenvalue weighted by Crippen LogP contribution is 2.40. The van der Waals surface area contributed by atoms with Crippen molar-refractivity contribution < 1.29 is 37.4 Å². The van der Waals surface area contributed by atoms with Gasteiger partial charge in [-0.15, -0.1) is 0 Å². The first-order valence-corrected chi connectivity index (χ1v) is 11.6. The minimum Gasteiger partial charge on any atom is -0.426 e. The van der Waals surface area contributed by atoms with Gasteiger partial charge in [0.15, 0.2) is 11.6 Å². The van der Waals surface area contributed by atoms with Crippen LogP contribution in [0.4, 0.5) is 8.78 Å². The molecule has 0 bridgehead atoms. The molecule has 0 fully saturated rings. The summed E-state index contributed by atoms with van der Waals surface area (Å²) in [6, 6.07) is 12.6. The van der Waals surface area contributed by atoms with Crippen molar-refractivity contribution in [3.8, 4) is 39.5 Å². The summed E-state index contributed by atoms with van der Waals surface area (Å²) in [6.07, 6.45) is 0. The molecule has 0 atom stereocenters. The molecule has 0 aromatic heterocycles. The van der Waals surface area contributed by atoms with E-state index in [0.717, 1.165) is 0 Å². The minimum absolute atomic E-state index is 0.0573. The standard InChI is InChI=1S/C30H26F2O6/c1-16(2)28(33)36-21-11-7-19(8-12-21)23-15-24(38-30(35)18(5)6)25(27(32)26(23)31)20-9-13-22(14-10-20)37-29(34)17(3)4/h7-15,17H,1,5H2,2-4,6H3. The fraction of sp³-hybridized carbons (Fsp3) is 0.167. The number of carbonyl (C=O) groups excluding carboxylic acids is 3. The molecule has 0 unspecified atom stereocenters. The lowest BCUT2D eigenvalue weighted by molar-refractivity contribution is -0.137. The summed E-state index contributed by atoms with van der Waals surface area (Å²) in [5.74, 6) is -4.52. The highest BCUT2D eigenvalue weighted by atomic mass is 19.2. The number of rotatable bonds is 8. The van der Waals surface area contributed by atoms with Gasteiger partial charge < -0.3 is 14.2 Å². The van der Waals surface area contributed by atoms with E-state index in [0.29, 0.717) is 0 Å². The number of benzene rings is 3. The van der Waals surface area contributed by atoms with Gasteiger partial charge in [0.2, 0.25) is 0 Å². The smallest absolute Gasteiger partial charge is 0.338 e. The van der Waals surface area contributed by atoms with Crippen LogP contribution in [-0.2, 0) is 14.4 Å². The fourth-order valence-electron chi connectivity index (χ4n) is 3.17. The van der Waals surface area contributed by atoms with Crippen LogP contribution in [-0.4, -0.2) is 17.9 Å². The van der Waals surface area contributed by atoms with Gasteiger partial charge in [0.1, 0.15) is 17.2 Å². The lowest BCUT2D eigenvalue weighted by atomic mass is 9.97. The first kappa shape index (κ1) is 28.0. The molecule has 38 heavy (non-hydrogen) atoms. The number of hydrogen-bond acceptors (Lipinski definition) is 6. The predicted molar refractivity (Wildman–Crippen MR) is 139 cm³/mol. The summed E-state index contributed by atoms with van der Waals surface area (Å²) >= 11 is 0. The SMILES string of the molecule is C=C(C)C(=O)Oc1ccc(-c2cc(OC(=O)C(=C)C)c(-c3ccc(OC(=O)C(C)C)cc3)c(F)c2F)cc1. The Balaban J connectivity index is 2.06. The minimum atomic E-state index is -1.25. The normalized spacial score (nSPS) is 10.6. The van der Waals surface area contributed by atoms with Crippen LogP contribution in [0, 0.1) is 17.6 Å². The molecule has 0 aliphatic heterocycles. The van der Waals surface area contributed by atoms with Crippen molar-refractivity contribution in [1.82, 2.24) is 0 Å². The summed E-state index contributed by atoms with van der Waals surface area (Å²) < 4.78 is 46.7. The Hall–Kier alpha value is -4.59. The first-order valence-electron chi connectivity index (χ1n) is 11.6. The molecule has 0 aliphatic carbocycles. The second kappa shape index (κ2) is 11.6. The Morgan fingerprint density at radius 1 is 0.711 bits per heavy atom. The van der Waals surface area contributed by atoms with Crippen LogP contribution in [0.25, 0.3) is 22.3 Å². The third-order valence-electron chi connectivity index (χ3n) is 5.28. The maximum absolute atomic E-state index is 15.5. The van der Waals surface area contributed by atoms with Crippen molar-refractivity contribution in [2.45, 2.75) is 27.7 Å². The van der Waals surface area contributed by atoms with Crippen LogP contribution < -0.4 is 14.2 Å². The van der Waals surface area contributed by atoms with E-state index in [4.69, 9.17) is 14.2 Å². The van der Waals surface area contributed by atoms with Gasteiger partial charge in [-0.05, 0) is 55.3 Å². The molecule has 196 valence electrons. The lowest BCUT2D eigenvalue weighted by Crippen LogP contribution is -2.14. The molecule has 0 saturated carbocycles. The molecular weight excluding hydrogens is 494 g/mol. The first-order chi connectivity index (χ1) is 17.9. The van der Waals surface area contributed by atoms with E-state index in [2.05, 4.69) is 13.2 Å². The molecule has 0 heterocycles. The Labute approximate surface area is 219 Å². The quantitative estimate of drug-likeness (QED) is 0.184. The van der Waals surface area contributed by atoms with Gasteiger partial charge in [-0.3, -0.25) is 4.79 Å². The maximum Gasteiger partial charge on any atom is 0.338 e. The van der Waals surface area contributed by atoms with Gasteiger partial charge in [-0.1, -0.05) is 51.3 Å². The lowest BCUT2D eigenvalue weighted by Gasteiger charge is -2.16. The predicted octanol–water partition coefficient (Wildman–Crippen LogP) is 6.82. The van der Waals surface area contributed by atoms with Crippen LogP contribution in [0.2, 0.25) is 0 Å². The van der Waals surface area contributed by atoms with Crippen molar-refractivity contribution in [3.05, 3.63) is 90.5 Å². The summed E-state index contributed by atoms with van der Waals surface area (Å²) in [4.78, 5) is 35.9. The van der Waals surface area contributed by atoms with Crippen LogP contribution >= 0.6 is 0 Å². The number of esters is 3. The monoisotopic (exact) mass is 520 g/mol. The molecule has 0 N–H and O–H groups in total. The van der Waals surface area contributed by atoms with Crippen LogP contribution in [0.15, 0.2) is 78.9 Å². The van der Waals surface area contributed by atoms with E-state index in [1.807, 2.05) is 0 Å². The summed E-state index contributed by atoms with van der Waals surface area (Å²) in [7, 11) is 0. The summed E-state index contributed by atoms with van der Waals surface area (Å²) in [5.41, 5.74) is 0.204. The zero-order valence-corrected chi connectivity index (χ0v) is 21.4. The van der Waals surface area contributed by atoms with E-state index >= 15 is 8.78 Å². The molecule has 0 radical (unpaired) electrons. The van der Waals surface area contributed by atoms with E-state index < -0.39 is 29.5 Å². The molecule has 0 amide bonds. The summed E-state index contributed by atoms with van der Waals surface area (Å²) in [5, 5.41) is 0. The molecule has 0 saturated heterocycles. The summed E-state index contributed by atoms with van der Waals surface area (Å²) in [6.45, 7) is 13.3. The fourth-order valence-corrected chi connectivity index (χ4v) is 3.17. The van der Waals surface area contributed by atoms with Gasteiger partial charge in [0.05, 0.1) is 11.5 Å². The third-order valence-corrected chi connectivity index (χ3v) is 5.28. The van der Waals surface area contributed by atoms with Crippen molar-refractivity contribution in [3.63, 3.8) is 0 Å². The maximum atomic E-state index is 15.5. The van der Waals surface area contributed by atoms with Gasteiger partial charge in [-0.25, -0.2) is 18.4 Å². The second-order valence-electron chi connectivity index (χ2n) is 8.89. The van der Waals surface area contributed by atoms with E-state index in [1.165, 1.54) is 68.4 Å². The van der Waals surface area contributed by atoms with Crippen molar-refractivity contribution >= 4 is 17.9 Å². The number of halogens is 2. The molecule has 8 heteroatoms. The topological polar surface area (TPSA) is 78.9 Å². The highest BCUT2D eigenvalue weighted by Gasteiger charge is 2.24. The third kappa shape index (κ3) is 6.39.